The molecule has 0 fully saturated rings. The fraction of sp³-hybridized carbons (Fsp3) is 0.231. The molecule has 6 heteroatoms. The molecule has 0 N–H and O–H groups in total. The highest BCUT2D eigenvalue weighted by Gasteiger charge is 2.06. The summed E-state index contributed by atoms with van der Waals surface area (Å²) in [6, 6.07) is 3.55. The molecule has 19 heavy (non-hydrogen) atoms. The molecule has 0 radical (unpaired) electrons. The van der Waals surface area contributed by atoms with Gasteiger partial charge in [0.2, 0.25) is 0 Å². The zero-order chi connectivity index (χ0) is 13.2. The summed E-state index contributed by atoms with van der Waals surface area (Å²) in [6.45, 7) is 3.29. The van der Waals surface area contributed by atoms with Crippen LogP contribution in [0.2, 0.25) is 0 Å². The van der Waals surface area contributed by atoms with E-state index in [1.165, 1.54) is 0 Å². The molecule has 3 rings (SSSR count). The van der Waals surface area contributed by atoms with Crippen molar-refractivity contribution >= 4 is 11.0 Å². The smallest absolute Gasteiger partial charge is 0.280 e. The lowest BCUT2D eigenvalue weighted by molar-refractivity contribution is 0.657. The zero-order valence-corrected chi connectivity index (χ0v) is 10.5. The highest BCUT2D eigenvalue weighted by molar-refractivity contribution is 5.71. The minimum Gasteiger partial charge on any atom is -0.293 e. The summed E-state index contributed by atoms with van der Waals surface area (Å²) in [5.41, 5.74) is 1.86. The van der Waals surface area contributed by atoms with E-state index in [1.807, 2.05) is 17.8 Å². The van der Waals surface area contributed by atoms with Crippen molar-refractivity contribution in [2.45, 2.75) is 20.0 Å². The largest absolute Gasteiger partial charge is 0.293 e. The van der Waals surface area contributed by atoms with Gasteiger partial charge < -0.3 is 0 Å². The Kier molecular flexibility index (Phi) is 2.83. The van der Waals surface area contributed by atoms with Crippen molar-refractivity contribution in [1.29, 1.82) is 0 Å². The highest BCUT2D eigenvalue weighted by Crippen LogP contribution is 2.04. The van der Waals surface area contributed by atoms with Crippen LogP contribution >= 0.6 is 0 Å². The van der Waals surface area contributed by atoms with Gasteiger partial charge in [-0.2, -0.15) is 5.10 Å². The van der Waals surface area contributed by atoms with Crippen molar-refractivity contribution in [2.24, 2.45) is 0 Å². The lowest BCUT2D eigenvalue weighted by atomic mass is 10.3. The summed E-state index contributed by atoms with van der Waals surface area (Å²) in [7, 11) is 0. The van der Waals surface area contributed by atoms with Gasteiger partial charge in [0.05, 0.1) is 24.6 Å². The van der Waals surface area contributed by atoms with E-state index in [9.17, 15) is 4.79 Å². The summed E-state index contributed by atoms with van der Waals surface area (Å²) in [6.07, 6.45) is 6.84. The fourth-order valence-corrected chi connectivity index (χ4v) is 1.96. The van der Waals surface area contributed by atoms with Gasteiger partial charge in [-0.25, -0.2) is 9.97 Å². The van der Waals surface area contributed by atoms with E-state index in [4.69, 9.17) is 0 Å². The molecular weight excluding hydrogens is 242 g/mol. The number of rotatable bonds is 3. The van der Waals surface area contributed by atoms with Crippen molar-refractivity contribution in [2.75, 3.05) is 0 Å². The molecule has 3 heterocycles. The van der Waals surface area contributed by atoms with E-state index >= 15 is 0 Å². The van der Waals surface area contributed by atoms with Crippen molar-refractivity contribution in [3.05, 3.63) is 53.0 Å². The van der Waals surface area contributed by atoms with E-state index in [0.717, 1.165) is 12.1 Å². The van der Waals surface area contributed by atoms with E-state index < -0.39 is 0 Å². The monoisotopic (exact) mass is 255 g/mol. The Morgan fingerprint density at radius 1 is 1.32 bits per heavy atom. The number of aromatic nitrogens is 5. The van der Waals surface area contributed by atoms with Gasteiger partial charge in [-0.15, -0.1) is 0 Å². The van der Waals surface area contributed by atoms with Gasteiger partial charge >= 0.3 is 0 Å². The maximum atomic E-state index is 12.2. The zero-order valence-electron chi connectivity index (χ0n) is 10.5. The standard InChI is InChI=1S/C13H13N5O/c1-2-18-8-10(6-16-18)7-17-9-15-11-4-3-5-14-12(11)13(17)19/h3-6,8-9H,2,7H2,1H3. The van der Waals surface area contributed by atoms with E-state index in [-0.39, 0.29) is 5.56 Å². The number of fused-ring (bicyclic) bond motifs is 1. The summed E-state index contributed by atoms with van der Waals surface area (Å²) in [4.78, 5) is 20.6. The first kappa shape index (κ1) is 11.6. The molecule has 0 amide bonds. The van der Waals surface area contributed by atoms with Crippen molar-refractivity contribution in [3.63, 3.8) is 0 Å². The minimum atomic E-state index is -0.130. The van der Waals surface area contributed by atoms with Crippen LogP contribution in [0.15, 0.2) is 41.8 Å². The first-order valence-electron chi connectivity index (χ1n) is 6.09. The average Bonchev–Trinajstić information content (AvgIpc) is 2.90. The minimum absolute atomic E-state index is 0.130. The van der Waals surface area contributed by atoms with Gasteiger partial charge in [0.15, 0.2) is 5.52 Å². The van der Waals surface area contributed by atoms with Gasteiger partial charge in [0, 0.05) is 24.5 Å². The summed E-state index contributed by atoms with van der Waals surface area (Å²) in [5, 5.41) is 4.19. The number of hydrogen-bond acceptors (Lipinski definition) is 4. The quantitative estimate of drug-likeness (QED) is 0.701. The highest BCUT2D eigenvalue weighted by atomic mass is 16.1. The third-order valence-electron chi connectivity index (χ3n) is 2.95. The Balaban J connectivity index is 2.01. The van der Waals surface area contributed by atoms with Crippen LogP contribution in [0.25, 0.3) is 11.0 Å². The Hall–Kier alpha value is -2.50. The molecule has 0 aliphatic rings. The SMILES string of the molecule is CCn1cc(Cn2cnc3cccnc3c2=O)cn1. The molecule has 6 nitrogen and oxygen atoms in total. The maximum absolute atomic E-state index is 12.2. The van der Waals surface area contributed by atoms with Crippen molar-refractivity contribution in [1.82, 2.24) is 24.3 Å². The maximum Gasteiger partial charge on any atom is 0.280 e. The summed E-state index contributed by atoms with van der Waals surface area (Å²) < 4.78 is 3.37. The molecule has 3 aromatic heterocycles. The van der Waals surface area contributed by atoms with Crippen LogP contribution in [0.3, 0.4) is 0 Å². The van der Waals surface area contributed by atoms with Gasteiger partial charge in [0.1, 0.15) is 0 Å². The molecule has 0 spiro atoms. The van der Waals surface area contributed by atoms with Crippen LogP contribution in [-0.2, 0) is 13.1 Å². The van der Waals surface area contributed by atoms with Crippen LogP contribution < -0.4 is 5.56 Å². The van der Waals surface area contributed by atoms with Crippen molar-refractivity contribution in [3.8, 4) is 0 Å². The first-order valence-corrected chi connectivity index (χ1v) is 6.09. The molecule has 0 aromatic carbocycles. The summed E-state index contributed by atoms with van der Waals surface area (Å²) >= 11 is 0. The van der Waals surface area contributed by atoms with Crippen LogP contribution in [0.5, 0.6) is 0 Å². The van der Waals surface area contributed by atoms with E-state index in [0.29, 0.717) is 17.6 Å². The Bertz CT molecular complexity index is 774. The van der Waals surface area contributed by atoms with Crippen molar-refractivity contribution < 1.29 is 0 Å². The first-order chi connectivity index (χ1) is 9.28. The number of pyridine rings is 1. The van der Waals surface area contributed by atoms with Crippen LogP contribution in [0, 0.1) is 0 Å². The molecular formula is C13H13N5O. The molecule has 0 saturated carbocycles. The fourth-order valence-electron chi connectivity index (χ4n) is 1.96. The number of hydrogen-bond donors (Lipinski definition) is 0. The molecule has 0 saturated heterocycles. The second kappa shape index (κ2) is 4.64. The van der Waals surface area contributed by atoms with Crippen LogP contribution in [0.4, 0.5) is 0 Å². The molecule has 0 aliphatic heterocycles. The lowest BCUT2D eigenvalue weighted by Gasteiger charge is -2.04. The third-order valence-corrected chi connectivity index (χ3v) is 2.95. The lowest BCUT2D eigenvalue weighted by Crippen LogP contribution is -2.21. The molecule has 96 valence electrons. The Labute approximate surface area is 109 Å². The molecule has 0 aliphatic carbocycles. The Morgan fingerprint density at radius 2 is 2.21 bits per heavy atom. The molecule has 0 unspecified atom stereocenters. The predicted octanol–water partition coefficient (Wildman–Crippen LogP) is 1.06. The predicted molar refractivity (Wildman–Crippen MR) is 70.8 cm³/mol. The molecule has 0 atom stereocenters. The molecule has 0 bridgehead atoms. The van der Waals surface area contributed by atoms with Gasteiger partial charge in [-0.1, -0.05) is 0 Å². The van der Waals surface area contributed by atoms with Gasteiger partial charge in [0.25, 0.3) is 5.56 Å². The van der Waals surface area contributed by atoms with Crippen LogP contribution in [0.1, 0.15) is 12.5 Å². The van der Waals surface area contributed by atoms with Gasteiger partial charge in [-0.05, 0) is 19.1 Å². The second-order valence-electron chi connectivity index (χ2n) is 4.25. The Morgan fingerprint density at radius 3 is 3.00 bits per heavy atom. The van der Waals surface area contributed by atoms with E-state index in [2.05, 4.69) is 15.1 Å². The topological polar surface area (TPSA) is 65.6 Å². The van der Waals surface area contributed by atoms with Gasteiger partial charge in [-0.3, -0.25) is 14.0 Å². The molecule has 3 aromatic rings. The number of aryl methyl sites for hydroxylation is 1. The summed E-state index contributed by atoms with van der Waals surface area (Å²) in [5.74, 6) is 0. The van der Waals surface area contributed by atoms with E-state index in [1.54, 1.807) is 35.4 Å². The van der Waals surface area contributed by atoms with Crippen LogP contribution in [-0.4, -0.2) is 24.3 Å². The second-order valence-corrected chi connectivity index (χ2v) is 4.25. The average molecular weight is 255 g/mol. The number of nitrogens with zero attached hydrogens (tertiary/aromatic N) is 5. The normalized spacial score (nSPS) is 11.0. The third kappa shape index (κ3) is 2.12.